The summed E-state index contributed by atoms with van der Waals surface area (Å²) in [4.78, 5) is 3.79. The molecule has 78 valence electrons. The van der Waals surface area contributed by atoms with Crippen LogP contribution in [0.25, 0.3) is 10.9 Å². The Kier molecular flexibility index (Phi) is 2.71. The molecule has 2 rings (SSSR count). The first-order chi connectivity index (χ1) is 7.02. The number of pyridine rings is 1. The van der Waals surface area contributed by atoms with E-state index in [1.165, 1.54) is 12.3 Å². The molecule has 1 aromatic heterocycles. The maximum absolute atomic E-state index is 13.2. The smallest absolute Gasteiger partial charge is 0.181 e. The second-order valence-corrected chi connectivity index (χ2v) is 4.00. The van der Waals surface area contributed by atoms with Gasteiger partial charge in [-0.2, -0.15) is 0 Å². The highest BCUT2D eigenvalue weighted by molar-refractivity contribution is 6.40. The van der Waals surface area contributed by atoms with Gasteiger partial charge in [0.2, 0.25) is 0 Å². The molecule has 0 aliphatic rings. The van der Waals surface area contributed by atoms with Crippen LogP contribution in [-0.4, -0.2) is 4.98 Å². The van der Waals surface area contributed by atoms with Gasteiger partial charge in [0.25, 0.3) is 0 Å². The first-order valence-corrected chi connectivity index (χ1v) is 4.93. The molecule has 0 N–H and O–H groups in total. The summed E-state index contributed by atoms with van der Waals surface area (Å²) in [5.74, 6) is -2.40. The summed E-state index contributed by atoms with van der Waals surface area (Å²) in [5.41, 5.74) is 0.0879. The molecular weight excluding hydrogens is 266 g/mol. The number of fused-ring (bicyclic) bond motifs is 1. The van der Waals surface area contributed by atoms with Crippen molar-refractivity contribution in [1.82, 2.24) is 4.98 Å². The lowest BCUT2D eigenvalue weighted by atomic mass is 10.2. The Balaban J connectivity index is 3.00. The average molecular weight is 268 g/mol. The number of aromatic nitrogens is 1. The summed E-state index contributed by atoms with van der Waals surface area (Å²) in [5, 5.41) is -0.315. The minimum atomic E-state index is -1.20. The highest BCUT2D eigenvalue weighted by Gasteiger charge is 2.18. The molecule has 0 unspecified atom stereocenters. The standard InChI is InChI=1S/C9H2Cl3F2N/c10-3-1-4-5(11)7(13)8(14)6(12)9(4)15-2-3/h1-2H. The molecule has 2 aromatic rings. The van der Waals surface area contributed by atoms with E-state index in [1.807, 2.05) is 0 Å². The van der Waals surface area contributed by atoms with E-state index in [-0.39, 0.29) is 20.9 Å². The lowest BCUT2D eigenvalue weighted by molar-refractivity contribution is 0.511. The first-order valence-electron chi connectivity index (χ1n) is 3.79. The summed E-state index contributed by atoms with van der Waals surface area (Å²) in [7, 11) is 0. The van der Waals surface area contributed by atoms with Gasteiger partial charge in [0.05, 0.1) is 15.6 Å². The molecule has 0 fully saturated rings. The van der Waals surface area contributed by atoms with Gasteiger partial charge in [0, 0.05) is 11.6 Å². The fraction of sp³-hybridized carbons (Fsp3) is 0. The fourth-order valence-electron chi connectivity index (χ4n) is 1.20. The number of nitrogens with zero attached hydrogens (tertiary/aromatic N) is 1. The summed E-state index contributed by atoms with van der Waals surface area (Å²) in [6, 6.07) is 1.38. The molecule has 0 aliphatic carbocycles. The molecule has 0 saturated carbocycles. The van der Waals surface area contributed by atoms with Gasteiger partial charge in [-0.05, 0) is 6.07 Å². The molecule has 0 atom stereocenters. The third-order valence-corrected chi connectivity index (χ3v) is 2.80. The molecule has 0 amide bonds. The first kappa shape index (κ1) is 10.9. The van der Waals surface area contributed by atoms with Gasteiger partial charge in [-0.3, -0.25) is 4.98 Å². The van der Waals surface area contributed by atoms with Gasteiger partial charge in [-0.25, -0.2) is 8.78 Å². The minimum absolute atomic E-state index is 0.0879. The van der Waals surface area contributed by atoms with Crippen LogP contribution >= 0.6 is 34.8 Å². The molecular formula is C9H2Cl3F2N. The minimum Gasteiger partial charge on any atom is -0.253 e. The Hall–Kier alpha value is -0.640. The highest BCUT2D eigenvalue weighted by Crippen LogP contribution is 2.34. The van der Waals surface area contributed by atoms with Gasteiger partial charge >= 0.3 is 0 Å². The van der Waals surface area contributed by atoms with Crippen molar-refractivity contribution < 1.29 is 8.78 Å². The average Bonchev–Trinajstić information content (AvgIpc) is 2.23. The zero-order chi connectivity index (χ0) is 11.2. The molecule has 0 spiro atoms. The lowest BCUT2D eigenvalue weighted by Crippen LogP contribution is -1.92. The van der Waals surface area contributed by atoms with Crippen LogP contribution in [0.3, 0.4) is 0 Å². The molecule has 6 heteroatoms. The third kappa shape index (κ3) is 1.65. The van der Waals surface area contributed by atoms with E-state index >= 15 is 0 Å². The number of benzene rings is 1. The molecule has 0 aliphatic heterocycles. The van der Waals surface area contributed by atoms with E-state index in [4.69, 9.17) is 34.8 Å². The predicted molar refractivity (Wildman–Crippen MR) is 56.7 cm³/mol. The van der Waals surface area contributed by atoms with E-state index in [0.29, 0.717) is 0 Å². The van der Waals surface area contributed by atoms with Crippen LogP contribution in [-0.2, 0) is 0 Å². The van der Waals surface area contributed by atoms with Crippen LogP contribution in [0.15, 0.2) is 12.3 Å². The second kappa shape index (κ2) is 3.74. The number of hydrogen-bond donors (Lipinski definition) is 0. The number of halogens is 5. The lowest BCUT2D eigenvalue weighted by Gasteiger charge is -2.05. The Morgan fingerprint density at radius 2 is 1.60 bits per heavy atom. The Morgan fingerprint density at radius 1 is 1.00 bits per heavy atom. The van der Waals surface area contributed by atoms with Crippen molar-refractivity contribution in [2.75, 3.05) is 0 Å². The van der Waals surface area contributed by atoms with Gasteiger partial charge in [-0.15, -0.1) is 0 Å². The second-order valence-electron chi connectivity index (χ2n) is 2.81. The van der Waals surface area contributed by atoms with Crippen molar-refractivity contribution >= 4 is 45.7 Å². The largest absolute Gasteiger partial charge is 0.253 e. The quantitative estimate of drug-likeness (QED) is 0.507. The van der Waals surface area contributed by atoms with Crippen molar-refractivity contribution in [3.8, 4) is 0 Å². The molecule has 15 heavy (non-hydrogen) atoms. The van der Waals surface area contributed by atoms with Crippen molar-refractivity contribution in [2.45, 2.75) is 0 Å². The third-order valence-electron chi connectivity index (χ3n) is 1.88. The number of hydrogen-bond acceptors (Lipinski definition) is 1. The molecule has 1 nitrogen and oxygen atoms in total. The highest BCUT2D eigenvalue weighted by atomic mass is 35.5. The van der Waals surface area contributed by atoms with Gasteiger partial charge in [0.1, 0.15) is 5.02 Å². The van der Waals surface area contributed by atoms with Crippen LogP contribution in [0.4, 0.5) is 8.78 Å². The van der Waals surface area contributed by atoms with Gasteiger partial charge in [0.15, 0.2) is 11.6 Å². The van der Waals surface area contributed by atoms with E-state index in [2.05, 4.69) is 4.98 Å². The van der Waals surface area contributed by atoms with E-state index in [0.717, 1.165) is 0 Å². The summed E-state index contributed by atoms with van der Waals surface area (Å²) in [6.07, 6.45) is 1.28. The van der Waals surface area contributed by atoms with Crippen LogP contribution in [0, 0.1) is 11.6 Å². The molecule has 0 radical (unpaired) electrons. The van der Waals surface area contributed by atoms with Crippen LogP contribution < -0.4 is 0 Å². The Bertz CT molecular complexity index is 557. The van der Waals surface area contributed by atoms with Crippen molar-refractivity contribution in [1.29, 1.82) is 0 Å². The van der Waals surface area contributed by atoms with E-state index < -0.39 is 16.7 Å². The Labute approximate surface area is 98.6 Å². The fourth-order valence-corrected chi connectivity index (χ4v) is 1.81. The predicted octanol–water partition coefficient (Wildman–Crippen LogP) is 4.47. The molecule has 1 aromatic carbocycles. The van der Waals surface area contributed by atoms with Crippen LogP contribution in [0.5, 0.6) is 0 Å². The maximum Gasteiger partial charge on any atom is 0.181 e. The van der Waals surface area contributed by atoms with E-state index in [1.54, 1.807) is 0 Å². The number of rotatable bonds is 0. The van der Waals surface area contributed by atoms with E-state index in [9.17, 15) is 8.78 Å². The summed E-state index contributed by atoms with van der Waals surface area (Å²) < 4.78 is 26.3. The monoisotopic (exact) mass is 267 g/mol. The van der Waals surface area contributed by atoms with Crippen molar-refractivity contribution in [3.05, 3.63) is 39.0 Å². The summed E-state index contributed by atoms with van der Waals surface area (Å²) in [6.45, 7) is 0. The van der Waals surface area contributed by atoms with Gasteiger partial charge in [-0.1, -0.05) is 34.8 Å². The Morgan fingerprint density at radius 3 is 2.27 bits per heavy atom. The molecule has 0 saturated heterocycles. The van der Waals surface area contributed by atoms with Gasteiger partial charge < -0.3 is 0 Å². The normalized spacial score (nSPS) is 11.0. The zero-order valence-electron chi connectivity index (χ0n) is 6.99. The summed E-state index contributed by atoms with van der Waals surface area (Å²) >= 11 is 16.8. The topological polar surface area (TPSA) is 12.9 Å². The van der Waals surface area contributed by atoms with Crippen molar-refractivity contribution in [2.24, 2.45) is 0 Å². The maximum atomic E-state index is 13.2. The SMILES string of the molecule is Fc1c(F)c(Cl)c2ncc(Cl)cc2c1Cl. The van der Waals surface area contributed by atoms with Crippen LogP contribution in [0.2, 0.25) is 15.1 Å². The molecule has 0 bridgehead atoms. The zero-order valence-corrected chi connectivity index (χ0v) is 9.26. The van der Waals surface area contributed by atoms with Crippen LogP contribution in [0.1, 0.15) is 0 Å². The molecule has 1 heterocycles. The van der Waals surface area contributed by atoms with Crippen molar-refractivity contribution in [3.63, 3.8) is 0 Å².